The maximum atomic E-state index is 11.6. The monoisotopic (exact) mass is 292 g/mol. The number of fused-ring (bicyclic) bond motifs is 5. The van der Waals surface area contributed by atoms with Gasteiger partial charge in [0, 0.05) is 30.6 Å². The Labute approximate surface area is 120 Å². The van der Waals surface area contributed by atoms with Crippen LogP contribution >= 0.6 is 11.6 Å². The average molecular weight is 293 g/mol. The lowest BCUT2D eigenvalue weighted by Crippen LogP contribution is -2.23. The number of halogens is 1. The molecule has 2 aliphatic rings. The second-order valence-corrected chi connectivity index (χ2v) is 5.65. The molecule has 0 saturated carbocycles. The quantitative estimate of drug-likeness (QED) is 0.798. The van der Waals surface area contributed by atoms with Crippen LogP contribution in [-0.2, 0) is 30.7 Å². The van der Waals surface area contributed by atoms with Crippen molar-refractivity contribution in [3.8, 4) is 11.4 Å². The molecule has 0 aromatic carbocycles. The van der Waals surface area contributed by atoms with E-state index >= 15 is 0 Å². The number of rotatable bonds is 1. The smallest absolute Gasteiger partial charge is 0.226 e. The summed E-state index contributed by atoms with van der Waals surface area (Å²) in [6, 6.07) is 0. The lowest BCUT2D eigenvalue weighted by Gasteiger charge is -2.12. The minimum absolute atomic E-state index is 0.287. The molecule has 104 valence electrons. The van der Waals surface area contributed by atoms with Gasteiger partial charge in [0.25, 0.3) is 0 Å². The van der Waals surface area contributed by atoms with Crippen LogP contribution in [0.15, 0.2) is 10.8 Å². The molecule has 2 aromatic rings. The Morgan fingerprint density at radius 1 is 1.55 bits per heavy atom. The predicted molar refractivity (Wildman–Crippen MR) is 71.2 cm³/mol. The summed E-state index contributed by atoms with van der Waals surface area (Å²) in [5, 5.41) is 11.8. The van der Waals surface area contributed by atoms with Crippen LogP contribution in [0.3, 0.4) is 0 Å². The highest BCUT2D eigenvalue weighted by Gasteiger charge is 2.32. The van der Waals surface area contributed by atoms with Crippen molar-refractivity contribution in [1.29, 1.82) is 0 Å². The van der Waals surface area contributed by atoms with Gasteiger partial charge in [-0.1, -0.05) is 5.16 Å². The molecule has 2 aliphatic heterocycles. The Hall–Kier alpha value is -1.66. The van der Waals surface area contributed by atoms with Crippen molar-refractivity contribution in [3.63, 3.8) is 0 Å². The van der Waals surface area contributed by atoms with Crippen LogP contribution in [0.25, 0.3) is 11.4 Å². The van der Waals surface area contributed by atoms with E-state index in [2.05, 4.69) is 15.6 Å². The fraction of sp³-hybridized carbons (Fsp3) is 0.462. The van der Waals surface area contributed by atoms with E-state index < -0.39 is 0 Å². The van der Waals surface area contributed by atoms with Crippen LogP contribution < -0.4 is 5.32 Å². The first-order valence-electron chi connectivity index (χ1n) is 6.66. The zero-order valence-electron chi connectivity index (χ0n) is 10.7. The molecule has 1 atom stereocenters. The summed E-state index contributed by atoms with van der Waals surface area (Å²) in [4.78, 5) is 11.6. The van der Waals surface area contributed by atoms with Gasteiger partial charge in [-0.25, -0.2) is 0 Å². The van der Waals surface area contributed by atoms with Gasteiger partial charge >= 0.3 is 0 Å². The molecule has 0 saturated heterocycles. The number of hydrogen-bond acceptors (Lipinski definition) is 5. The number of nitrogens with zero attached hydrogens (tertiary/aromatic N) is 3. The normalized spacial score (nSPS) is 20.8. The second-order valence-electron chi connectivity index (χ2n) is 5.28. The first kappa shape index (κ1) is 12.1. The van der Waals surface area contributed by atoms with E-state index in [0.29, 0.717) is 13.0 Å². The van der Waals surface area contributed by atoms with Gasteiger partial charge in [0.15, 0.2) is 0 Å². The van der Waals surface area contributed by atoms with E-state index in [1.54, 1.807) is 6.26 Å². The lowest BCUT2D eigenvalue weighted by atomic mass is 10.00. The van der Waals surface area contributed by atoms with Crippen LogP contribution in [0.5, 0.6) is 0 Å². The molecule has 6 nitrogen and oxygen atoms in total. The van der Waals surface area contributed by atoms with E-state index in [4.69, 9.17) is 16.1 Å². The van der Waals surface area contributed by atoms with Gasteiger partial charge in [-0.3, -0.25) is 9.48 Å². The first-order chi connectivity index (χ1) is 9.74. The van der Waals surface area contributed by atoms with Crippen molar-refractivity contribution in [2.75, 3.05) is 6.54 Å². The third-order valence-corrected chi connectivity index (χ3v) is 4.33. The minimum atomic E-state index is -0.336. The van der Waals surface area contributed by atoms with Gasteiger partial charge in [0.2, 0.25) is 5.24 Å². The fourth-order valence-corrected chi connectivity index (χ4v) is 3.19. The fourth-order valence-electron chi connectivity index (χ4n) is 3.04. The molecular weight excluding hydrogens is 280 g/mol. The average Bonchev–Trinajstić information content (AvgIpc) is 2.98. The van der Waals surface area contributed by atoms with E-state index in [1.807, 2.05) is 4.68 Å². The number of carbonyl (C=O) groups excluding carboxylic acids is 1. The standard InChI is InChI=1S/C13H13ClN4O2/c14-13(19)7-3-8-6-20-17-11(8)12-9-4-15-2-1-10(9)16-18(12)5-7/h6-7,15H,1-5H2. The Balaban J connectivity index is 1.93. The Kier molecular flexibility index (Phi) is 2.68. The number of carbonyl (C=O) groups is 1. The molecule has 0 spiro atoms. The number of hydrogen-bond donors (Lipinski definition) is 1. The topological polar surface area (TPSA) is 73.0 Å². The van der Waals surface area contributed by atoms with Crippen LogP contribution in [0.4, 0.5) is 0 Å². The molecule has 4 rings (SSSR count). The van der Waals surface area contributed by atoms with Crippen molar-refractivity contribution in [3.05, 3.63) is 23.1 Å². The summed E-state index contributed by atoms with van der Waals surface area (Å²) in [5.74, 6) is -0.287. The van der Waals surface area contributed by atoms with Crippen molar-refractivity contribution < 1.29 is 9.32 Å². The lowest BCUT2D eigenvalue weighted by molar-refractivity contribution is -0.115. The van der Waals surface area contributed by atoms with Gasteiger partial charge in [-0.15, -0.1) is 0 Å². The maximum Gasteiger partial charge on any atom is 0.226 e. The highest BCUT2D eigenvalue weighted by atomic mass is 35.5. The van der Waals surface area contributed by atoms with Crippen molar-refractivity contribution >= 4 is 16.8 Å². The number of aromatic nitrogens is 3. The zero-order valence-corrected chi connectivity index (χ0v) is 11.5. The van der Waals surface area contributed by atoms with Crippen molar-refractivity contribution in [1.82, 2.24) is 20.3 Å². The van der Waals surface area contributed by atoms with Crippen LogP contribution in [0, 0.1) is 5.92 Å². The molecule has 0 bridgehead atoms. The summed E-state index contributed by atoms with van der Waals surface area (Å²) in [7, 11) is 0. The van der Waals surface area contributed by atoms with Gasteiger partial charge in [0.1, 0.15) is 12.0 Å². The minimum Gasteiger partial charge on any atom is -0.364 e. The number of nitrogens with one attached hydrogen (secondary N) is 1. The molecule has 1 N–H and O–H groups in total. The molecule has 0 amide bonds. The van der Waals surface area contributed by atoms with Crippen LogP contribution in [0.1, 0.15) is 16.8 Å². The zero-order chi connectivity index (χ0) is 13.7. The summed E-state index contributed by atoms with van der Waals surface area (Å²) in [6.45, 7) is 2.20. The van der Waals surface area contributed by atoms with E-state index in [1.165, 1.54) is 0 Å². The second kappa shape index (κ2) is 4.43. The largest absolute Gasteiger partial charge is 0.364 e. The van der Waals surface area contributed by atoms with Crippen LogP contribution in [0.2, 0.25) is 0 Å². The summed E-state index contributed by atoms with van der Waals surface area (Å²) in [6.07, 6.45) is 3.04. The predicted octanol–water partition coefficient (Wildman–Crippen LogP) is 1.12. The Morgan fingerprint density at radius 2 is 2.45 bits per heavy atom. The van der Waals surface area contributed by atoms with Gasteiger partial charge in [0.05, 0.1) is 23.9 Å². The first-order valence-corrected chi connectivity index (χ1v) is 7.04. The van der Waals surface area contributed by atoms with Crippen LogP contribution in [-0.4, -0.2) is 26.7 Å². The maximum absolute atomic E-state index is 11.6. The van der Waals surface area contributed by atoms with Gasteiger partial charge < -0.3 is 9.84 Å². The molecule has 1 unspecified atom stereocenters. The van der Waals surface area contributed by atoms with Gasteiger partial charge in [-0.05, 0) is 18.0 Å². The molecule has 0 fully saturated rings. The molecule has 20 heavy (non-hydrogen) atoms. The summed E-state index contributed by atoms with van der Waals surface area (Å²) >= 11 is 5.71. The highest BCUT2D eigenvalue weighted by molar-refractivity contribution is 6.64. The Morgan fingerprint density at radius 3 is 3.30 bits per heavy atom. The summed E-state index contributed by atoms with van der Waals surface area (Å²) in [5.41, 5.74) is 4.93. The molecular formula is C13H13ClN4O2. The van der Waals surface area contributed by atoms with E-state index in [9.17, 15) is 4.79 Å². The van der Waals surface area contributed by atoms with E-state index in [0.717, 1.165) is 47.7 Å². The molecule has 0 aliphatic carbocycles. The Bertz CT molecular complexity index is 691. The molecule has 0 radical (unpaired) electrons. The highest BCUT2D eigenvalue weighted by Crippen LogP contribution is 2.34. The van der Waals surface area contributed by atoms with Crippen molar-refractivity contribution in [2.24, 2.45) is 5.92 Å². The summed E-state index contributed by atoms with van der Waals surface area (Å²) < 4.78 is 6.97. The SMILES string of the molecule is O=C(Cl)C1Cc2conc2-c2c3c(nn2C1)CCNC3. The molecule has 4 heterocycles. The van der Waals surface area contributed by atoms with Gasteiger partial charge in [-0.2, -0.15) is 5.10 Å². The third kappa shape index (κ3) is 1.72. The third-order valence-electron chi connectivity index (χ3n) is 4.02. The van der Waals surface area contributed by atoms with E-state index in [-0.39, 0.29) is 11.2 Å². The van der Waals surface area contributed by atoms with Crippen molar-refractivity contribution in [2.45, 2.75) is 25.9 Å². The molecule has 2 aromatic heterocycles. The molecule has 7 heteroatoms.